The molecule has 2 aliphatic rings. The molecule has 0 spiro atoms. The molecule has 1 aromatic heterocycles. The number of amides is 2. The number of rotatable bonds is 5. The van der Waals surface area contributed by atoms with Gasteiger partial charge in [-0.15, -0.1) is 0 Å². The van der Waals surface area contributed by atoms with Gasteiger partial charge in [0.15, 0.2) is 5.17 Å². The molecule has 2 amide bonds. The highest BCUT2D eigenvalue weighted by molar-refractivity contribution is 8.13. The zero-order chi connectivity index (χ0) is 27.7. The molecule has 2 aromatic rings. The second-order valence-electron chi connectivity index (χ2n) is 10.3. The number of nitriles is 1. The monoisotopic (exact) mass is 539 g/mol. The van der Waals surface area contributed by atoms with E-state index in [4.69, 9.17) is 15.0 Å². The van der Waals surface area contributed by atoms with Crippen molar-refractivity contribution >= 4 is 34.6 Å². The van der Waals surface area contributed by atoms with E-state index in [2.05, 4.69) is 10.3 Å². The summed E-state index contributed by atoms with van der Waals surface area (Å²) in [6, 6.07) is 9.20. The molecule has 1 aliphatic carbocycles. The molecule has 1 fully saturated rings. The zero-order valence-electron chi connectivity index (χ0n) is 21.7. The van der Waals surface area contributed by atoms with Gasteiger partial charge in [-0.2, -0.15) is 5.26 Å². The molecule has 2 N–H and O–H groups in total. The maximum atomic E-state index is 15.6. The fourth-order valence-electron chi connectivity index (χ4n) is 5.08. The maximum Gasteiger partial charge on any atom is 0.413 e. The number of fused-ring (bicyclic) bond motifs is 1. The van der Waals surface area contributed by atoms with Gasteiger partial charge in [0.1, 0.15) is 17.6 Å². The Labute approximate surface area is 225 Å². The second-order valence-corrected chi connectivity index (χ2v) is 11.3. The minimum atomic E-state index is -1.13. The third-order valence-electron chi connectivity index (χ3n) is 6.74. The Morgan fingerprint density at radius 1 is 1.34 bits per heavy atom. The van der Waals surface area contributed by atoms with Crippen LogP contribution in [0.15, 0.2) is 41.5 Å². The smallest absolute Gasteiger partial charge is 0.413 e. The number of ether oxygens (including phenoxy) is 1. The molecule has 9 nitrogen and oxygen atoms in total. The Balaban J connectivity index is 1.76. The number of benzene rings is 1. The fraction of sp³-hybridized carbons (Fsp3) is 0.444. The third-order valence-corrected chi connectivity index (χ3v) is 7.84. The predicted molar refractivity (Wildman–Crippen MR) is 143 cm³/mol. The highest BCUT2D eigenvalue weighted by atomic mass is 32.2. The Morgan fingerprint density at radius 3 is 2.71 bits per heavy atom. The lowest BCUT2D eigenvalue weighted by molar-refractivity contribution is 0.0629. The van der Waals surface area contributed by atoms with Crippen LogP contribution in [0.4, 0.5) is 14.9 Å². The van der Waals surface area contributed by atoms with Crippen LogP contribution in [-0.2, 0) is 10.3 Å². The van der Waals surface area contributed by atoms with Crippen LogP contribution in [0.25, 0.3) is 0 Å². The third kappa shape index (κ3) is 5.37. The quantitative estimate of drug-likeness (QED) is 0.532. The highest BCUT2D eigenvalue weighted by Gasteiger charge is 2.53. The summed E-state index contributed by atoms with van der Waals surface area (Å²) in [4.78, 5) is 35.2. The first-order chi connectivity index (χ1) is 18.0. The molecule has 4 rings (SSSR count). The number of carbonyl (C=O) groups is 2. The number of aliphatic imine (C=N–C) groups is 1. The van der Waals surface area contributed by atoms with E-state index in [9.17, 15) is 14.7 Å². The average Bonchev–Trinajstić information content (AvgIpc) is 3.22. The molecule has 3 atom stereocenters. The summed E-state index contributed by atoms with van der Waals surface area (Å²) in [7, 11) is 0. The molecule has 200 valence electrons. The molecule has 1 aliphatic heterocycles. The van der Waals surface area contributed by atoms with Crippen molar-refractivity contribution in [1.29, 1.82) is 5.26 Å². The van der Waals surface area contributed by atoms with Gasteiger partial charge in [0.2, 0.25) is 0 Å². The van der Waals surface area contributed by atoms with Gasteiger partial charge in [-0.3, -0.25) is 9.69 Å². The molecular weight excluding hydrogens is 509 g/mol. The Morgan fingerprint density at radius 2 is 2.11 bits per heavy atom. The van der Waals surface area contributed by atoms with Crippen molar-refractivity contribution in [2.24, 2.45) is 10.9 Å². The van der Waals surface area contributed by atoms with E-state index in [1.165, 1.54) is 47.1 Å². The fourth-order valence-corrected chi connectivity index (χ4v) is 6.55. The SMILES string of the molecule is CCOC1CC2CSC(N(C(=O)O)C(C)(C)C)=NC2(c2cc(NC(=O)c3ccc(C#N)cn3)ccc2F)C1. The summed E-state index contributed by atoms with van der Waals surface area (Å²) in [5.41, 5.74) is -0.739. The first kappa shape index (κ1) is 27.5. The van der Waals surface area contributed by atoms with Crippen LogP contribution in [-0.4, -0.2) is 56.2 Å². The highest BCUT2D eigenvalue weighted by Crippen LogP contribution is 2.53. The van der Waals surface area contributed by atoms with Crippen LogP contribution in [0.1, 0.15) is 62.2 Å². The number of nitrogens with zero attached hydrogens (tertiary/aromatic N) is 4. The summed E-state index contributed by atoms with van der Waals surface area (Å²) >= 11 is 1.35. The Kier molecular flexibility index (Phi) is 7.76. The van der Waals surface area contributed by atoms with Gasteiger partial charge >= 0.3 is 6.09 Å². The minimum Gasteiger partial charge on any atom is -0.465 e. The number of amidine groups is 1. The van der Waals surface area contributed by atoms with Crippen LogP contribution < -0.4 is 5.32 Å². The van der Waals surface area contributed by atoms with Crippen LogP contribution in [0.2, 0.25) is 0 Å². The zero-order valence-corrected chi connectivity index (χ0v) is 22.5. The lowest BCUT2D eigenvalue weighted by Gasteiger charge is -2.41. The van der Waals surface area contributed by atoms with Crippen LogP contribution in [0, 0.1) is 23.1 Å². The number of carbonyl (C=O) groups excluding carboxylic acids is 1. The summed E-state index contributed by atoms with van der Waals surface area (Å²) in [5, 5.41) is 22.0. The van der Waals surface area contributed by atoms with Gasteiger partial charge < -0.3 is 15.2 Å². The van der Waals surface area contributed by atoms with E-state index >= 15 is 4.39 Å². The number of halogens is 1. The maximum absolute atomic E-state index is 15.6. The summed E-state index contributed by atoms with van der Waals surface area (Å²) in [5.74, 6) is -0.542. The van der Waals surface area contributed by atoms with Gasteiger partial charge in [-0.05, 0) is 64.4 Å². The van der Waals surface area contributed by atoms with Crippen molar-refractivity contribution in [2.75, 3.05) is 17.7 Å². The minimum absolute atomic E-state index is 0.0935. The van der Waals surface area contributed by atoms with E-state index in [-0.39, 0.29) is 23.3 Å². The van der Waals surface area contributed by atoms with Gasteiger partial charge in [0.25, 0.3) is 5.91 Å². The molecule has 0 saturated heterocycles. The lowest BCUT2D eigenvalue weighted by Crippen LogP contribution is -2.50. The molecular formula is C27H30FN5O4S. The first-order valence-electron chi connectivity index (χ1n) is 12.3. The first-order valence-corrected chi connectivity index (χ1v) is 13.3. The van der Waals surface area contributed by atoms with Crippen LogP contribution in [0.5, 0.6) is 0 Å². The molecule has 2 heterocycles. The standard InChI is InChI=1S/C27H30FN5O4S/c1-5-37-19-10-17-15-38-24(33(25(35)36)26(2,3)4)32-27(17,12-19)20-11-18(7-8-21(20)28)31-23(34)22-9-6-16(13-29)14-30-22/h6-9,11,14,17,19H,5,10,12,15H2,1-4H3,(H,31,34)(H,35,36). The molecule has 1 aromatic carbocycles. The van der Waals surface area contributed by atoms with Crippen molar-refractivity contribution in [2.45, 2.75) is 57.7 Å². The van der Waals surface area contributed by atoms with E-state index < -0.39 is 28.9 Å². The van der Waals surface area contributed by atoms with E-state index in [1.807, 2.05) is 13.0 Å². The van der Waals surface area contributed by atoms with Gasteiger partial charge in [0, 0.05) is 47.7 Å². The van der Waals surface area contributed by atoms with Crippen molar-refractivity contribution in [1.82, 2.24) is 9.88 Å². The van der Waals surface area contributed by atoms with E-state index in [1.54, 1.807) is 26.8 Å². The van der Waals surface area contributed by atoms with Gasteiger partial charge in [-0.1, -0.05) is 11.8 Å². The number of pyridine rings is 1. The Hall–Kier alpha value is -3.49. The van der Waals surface area contributed by atoms with Crippen LogP contribution >= 0.6 is 11.8 Å². The normalized spacial score (nSPS) is 22.7. The lowest BCUT2D eigenvalue weighted by atomic mass is 9.81. The molecule has 11 heteroatoms. The molecule has 3 unspecified atom stereocenters. The Bertz CT molecular complexity index is 1300. The predicted octanol–water partition coefficient (Wildman–Crippen LogP) is 5.24. The molecule has 0 radical (unpaired) electrons. The number of hydrogen-bond acceptors (Lipinski definition) is 7. The molecule has 38 heavy (non-hydrogen) atoms. The summed E-state index contributed by atoms with van der Waals surface area (Å²) in [6.45, 7) is 7.76. The van der Waals surface area contributed by atoms with E-state index in [0.717, 1.165) is 0 Å². The average molecular weight is 540 g/mol. The number of nitrogens with one attached hydrogen (secondary N) is 1. The number of thioether (sulfide) groups is 1. The number of aromatic nitrogens is 1. The molecule has 0 bridgehead atoms. The van der Waals surface area contributed by atoms with Gasteiger partial charge in [0.05, 0.1) is 17.2 Å². The largest absolute Gasteiger partial charge is 0.465 e. The molecule has 1 saturated carbocycles. The summed E-state index contributed by atoms with van der Waals surface area (Å²) < 4.78 is 21.5. The van der Waals surface area contributed by atoms with Crippen molar-refractivity contribution in [3.8, 4) is 6.07 Å². The number of hydrogen-bond donors (Lipinski definition) is 2. The van der Waals surface area contributed by atoms with Crippen molar-refractivity contribution in [3.05, 3.63) is 59.2 Å². The number of anilines is 1. The van der Waals surface area contributed by atoms with Crippen molar-refractivity contribution in [3.63, 3.8) is 0 Å². The summed E-state index contributed by atoms with van der Waals surface area (Å²) in [6.07, 6.45) is 1.06. The van der Waals surface area contributed by atoms with Crippen LogP contribution in [0.3, 0.4) is 0 Å². The van der Waals surface area contributed by atoms with Crippen molar-refractivity contribution < 1.29 is 23.8 Å². The number of carboxylic acid groups (broad SMARTS) is 1. The second kappa shape index (κ2) is 10.7. The topological polar surface area (TPSA) is 128 Å². The van der Waals surface area contributed by atoms with Gasteiger partial charge in [-0.25, -0.2) is 19.2 Å². The van der Waals surface area contributed by atoms with E-state index in [0.29, 0.717) is 41.6 Å².